The molecule has 0 saturated heterocycles. The van der Waals surface area contributed by atoms with Gasteiger partial charge in [0, 0.05) is 0 Å². The van der Waals surface area contributed by atoms with Crippen molar-refractivity contribution in [3.8, 4) is 44.5 Å². The lowest BCUT2D eigenvalue weighted by atomic mass is 9.52. The van der Waals surface area contributed by atoms with E-state index >= 15 is 0 Å². The van der Waals surface area contributed by atoms with E-state index in [1.807, 2.05) is 0 Å². The van der Waals surface area contributed by atoms with Crippen LogP contribution in [0, 0.1) is 0 Å². The van der Waals surface area contributed by atoms with Gasteiger partial charge < -0.3 is 0 Å². The molecule has 0 bridgehead atoms. The Morgan fingerprint density at radius 2 is 0.492 bits per heavy atom. The standard InChI is InChI=1S/C63H40/c1-2-20-43(21-3-1)61(51-29-10-4-23-45(51)46-24-5-11-30-52(46)61)44-22-18-19-41(39-44)42-37-38-59-60(40-42)63(55-33-14-8-27-49(55)50-28-9-15-34-56(50)63)58-36-17-16-35-57(58)62(59)53-31-12-6-25-47(53)48-26-7-13-32-54(48)62/h1-40H. The summed E-state index contributed by atoms with van der Waals surface area (Å²) < 4.78 is 0. The molecule has 4 aliphatic carbocycles. The van der Waals surface area contributed by atoms with E-state index in [2.05, 4.69) is 243 Å². The van der Waals surface area contributed by atoms with Gasteiger partial charge in [-0.15, -0.1) is 0 Å². The van der Waals surface area contributed by atoms with Crippen molar-refractivity contribution >= 4 is 0 Å². The van der Waals surface area contributed by atoms with Crippen molar-refractivity contribution in [2.45, 2.75) is 16.2 Å². The van der Waals surface area contributed by atoms with Crippen LogP contribution in [0.5, 0.6) is 0 Å². The molecule has 2 spiro atoms. The molecular formula is C63H40. The second-order valence-corrected chi connectivity index (χ2v) is 17.8. The molecule has 0 saturated carbocycles. The maximum atomic E-state index is 2.58. The molecule has 0 unspecified atom stereocenters. The minimum atomic E-state index is -0.543. The van der Waals surface area contributed by atoms with Crippen LogP contribution in [0.3, 0.4) is 0 Å². The van der Waals surface area contributed by atoms with Crippen molar-refractivity contribution in [1.82, 2.24) is 0 Å². The summed E-state index contributed by atoms with van der Waals surface area (Å²) >= 11 is 0. The zero-order valence-corrected chi connectivity index (χ0v) is 34.6. The van der Waals surface area contributed by atoms with Crippen molar-refractivity contribution in [1.29, 1.82) is 0 Å². The smallest absolute Gasteiger partial charge is 0.0622 e. The van der Waals surface area contributed by atoms with Crippen molar-refractivity contribution in [3.05, 3.63) is 309 Å². The van der Waals surface area contributed by atoms with Crippen LogP contribution in [-0.4, -0.2) is 0 Å². The molecule has 292 valence electrons. The SMILES string of the molecule is c1ccc(C2(c3cccc(-c4ccc5c(c4)C4(c6ccccc6-c6ccccc64)c4ccccc4C54c5ccccc5-c5ccccc54)c3)c3ccccc3-c3ccccc32)cc1. The van der Waals surface area contributed by atoms with E-state index in [1.54, 1.807) is 0 Å². The van der Waals surface area contributed by atoms with E-state index in [0.717, 1.165) is 0 Å². The van der Waals surface area contributed by atoms with Gasteiger partial charge in [0.2, 0.25) is 0 Å². The molecule has 0 aliphatic heterocycles. The highest BCUT2D eigenvalue weighted by atomic mass is 14.6. The van der Waals surface area contributed by atoms with Crippen LogP contribution in [0.1, 0.15) is 66.8 Å². The monoisotopic (exact) mass is 796 g/mol. The fraction of sp³-hybridized carbons (Fsp3) is 0.0476. The first-order valence-corrected chi connectivity index (χ1v) is 22.3. The summed E-state index contributed by atoms with van der Waals surface area (Å²) in [6.45, 7) is 0. The van der Waals surface area contributed by atoms with E-state index in [9.17, 15) is 0 Å². The van der Waals surface area contributed by atoms with Crippen LogP contribution in [0.4, 0.5) is 0 Å². The average Bonchev–Trinajstić information content (AvgIpc) is 3.95. The number of rotatable bonds is 3. The molecule has 0 aromatic heterocycles. The molecular weight excluding hydrogens is 757 g/mol. The van der Waals surface area contributed by atoms with Crippen LogP contribution in [0.2, 0.25) is 0 Å². The first-order chi connectivity index (χ1) is 31.3. The van der Waals surface area contributed by atoms with Gasteiger partial charge in [0.1, 0.15) is 0 Å². The lowest BCUT2D eigenvalue weighted by Crippen LogP contribution is -2.43. The van der Waals surface area contributed by atoms with Gasteiger partial charge in [0.15, 0.2) is 0 Å². The van der Waals surface area contributed by atoms with Gasteiger partial charge in [0.05, 0.1) is 16.2 Å². The Morgan fingerprint density at radius 3 is 0.937 bits per heavy atom. The highest BCUT2D eigenvalue weighted by Crippen LogP contribution is 2.67. The minimum absolute atomic E-state index is 0.483. The predicted molar refractivity (Wildman–Crippen MR) is 257 cm³/mol. The zero-order chi connectivity index (χ0) is 41.3. The van der Waals surface area contributed by atoms with Gasteiger partial charge in [-0.3, -0.25) is 0 Å². The van der Waals surface area contributed by atoms with Crippen LogP contribution < -0.4 is 0 Å². The van der Waals surface area contributed by atoms with Crippen molar-refractivity contribution in [2.24, 2.45) is 0 Å². The number of benzene rings is 10. The molecule has 0 N–H and O–H groups in total. The summed E-state index contributed by atoms with van der Waals surface area (Å²) in [4.78, 5) is 0. The molecule has 0 heterocycles. The lowest BCUT2D eigenvalue weighted by molar-refractivity contribution is 0.633. The van der Waals surface area contributed by atoms with E-state index < -0.39 is 16.2 Å². The Hall–Kier alpha value is -7.80. The quantitative estimate of drug-likeness (QED) is 0.167. The zero-order valence-electron chi connectivity index (χ0n) is 34.6. The van der Waals surface area contributed by atoms with E-state index in [4.69, 9.17) is 0 Å². The molecule has 0 radical (unpaired) electrons. The Morgan fingerprint density at radius 1 is 0.175 bits per heavy atom. The van der Waals surface area contributed by atoms with Crippen LogP contribution in [0.15, 0.2) is 243 Å². The largest absolute Gasteiger partial charge is 0.0720 e. The molecule has 10 aromatic rings. The van der Waals surface area contributed by atoms with Gasteiger partial charge >= 0.3 is 0 Å². The molecule has 0 nitrogen and oxygen atoms in total. The second kappa shape index (κ2) is 12.6. The van der Waals surface area contributed by atoms with Gasteiger partial charge in [0.25, 0.3) is 0 Å². The fourth-order valence-corrected chi connectivity index (χ4v) is 13.1. The molecule has 0 heteroatoms. The summed E-state index contributed by atoms with van der Waals surface area (Å²) in [6, 6.07) is 92.3. The van der Waals surface area contributed by atoms with Crippen LogP contribution in [0.25, 0.3) is 44.5 Å². The predicted octanol–water partition coefficient (Wildman–Crippen LogP) is 14.8. The first kappa shape index (κ1) is 34.9. The van der Waals surface area contributed by atoms with Gasteiger partial charge in [-0.05, 0) is 123 Å². The normalized spacial score (nSPS) is 15.4. The summed E-state index contributed by atoms with van der Waals surface area (Å²) in [6.07, 6.45) is 0. The number of hydrogen-bond donors (Lipinski definition) is 0. The molecule has 0 atom stereocenters. The third kappa shape index (κ3) is 4.17. The van der Waals surface area contributed by atoms with Gasteiger partial charge in [-0.1, -0.05) is 231 Å². The van der Waals surface area contributed by atoms with E-state index in [-0.39, 0.29) is 0 Å². The van der Waals surface area contributed by atoms with Gasteiger partial charge in [-0.25, -0.2) is 0 Å². The Labute approximate surface area is 368 Å². The fourth-order valence-electron chi connectivity index (χ4n) is 13.1. The van der Waals surface area contributed by atoms with Crippen LogP contribution >= 0.6 is 0 Å². The molecule has 63 heavy (non-hydrogen) atoms. The summed E-state index contributed by atoms with van der Waals surface area (Å²) in [7, 11) is 0. The van der Waals surface area contributed by atoms with Crippen molar-refractivity contribution in [2.75, 3.05) is 0 Å². The summed E-state index contributed by atoms with van der Waals surface area (Å²) in [5, 5.41) is 0. The summed E-state index contributed by atoms with van der Waals surface area (Å²) in [5.41, 5.74) is 24.8. The van der Waals surface area contributed by atoms with E-state index in [1.165, 1.54) is 111 Å². The maximum absolute atomic E-state index is 2.58. The summed E-state index contributed by atoms with van der Waals surface area (Å²) in [5.74, 6) is 0. The minimum Gasteiger partial charge on any atom is -0.0622 e. The maximum Gasteiger partial charge on any atom is 0.0720 e. The first-order valence-electron chi connectivity index (χ1n) is 22.3. The highest BCUT2D eigenvalue weighted by molar-refractivity contribution is 5.94. The second-order valence-electron chi connectivity index (χ2n) is 17.8. The molecule has 10 aromatic carbocycles. The number of hydrogen-bond acceptors (Lipinski definition) is 0. The van der Waals surface area contributed by atoms with Gasteiger partial charge in [-0.2, -0.15) is 0 Å². The topological polar surface area (TPSA) is 0 Å². The Balaban J connectivity index is 1.09. The Kier molecular flexibility index (Phi) is 6.99. The molecule has 0 fully saturated rings. The molecule has 4 aliphatic rings. The number of fused-ring (bicyclic) bond motifs is 19. The third-order valence-corrected chi connectivity index (χ3v) is 15.3. The van der Waals surface area contributed by atoms with E-state index in [0.29, 0.717) is 0 Å². The van der Waals surface area contributed by atoms with Crippen LogP contribution in [-0.2, 0) is 16.2 Å². The molecule has 14 rings (SSSR count). The third-order valence-electron chi connectivity index (χ3n) is 15.3. The lowest BCUT2D eigenvalue weighted by Gasteiger charge is -2.49. The average molecular weight is 797 g/mol. The highest BCUT2D eigenvalue weighted by Gasteiger charge is 2.59. The Bertz CT molecular complexity index is 3390. The van der Waals surface area contributed by atoms with Crippen molar-refractivity contribution < 1.29 is 0 Å². The van der Waals surface area contributed by atoms with Crippen molar-refractivity contribution in [3.63, 3.8) is 0 Å². The molecule has 0 amide bonds.